The molecule has 1 aliphatic rings. The first-order chi connectivity index (χ1) is 8.76. The quantitative estimate of drug-likeness (QED) is 0.863. The van der Waals surface area contributed by atoms with Crippen molar-refractivity contribution in [1.29, 1.82) is 0 Å². The van der Waals surface area contributed by atoms with Gasteiger partial charge in [-0.1, -0.05) is 26.7 Å². The van der Waals surface area contributed by atoms with Crippen molar-refractivity contribution in [1.82, 2.24) is 5.32 Å². The molecule has 0 saturated carbocycles. The molecule has 2 nitrogen and oxygen atoms in total. The fraction of sp³-hybridized carbons (Fsp3) is 0.667. The van der Waals surface area contributed by atoms with Gasteiger partial charge in [-0.25, -0.2) is 0 Å². The second-order valence-corrected chi connectivity index (χ2v) is 6.17. The zero-order valence-electron chi connectivity index (χ0n) is 11.4. The Hall–Kier alpha value is -0.830. The van der Waals surface area contributed by atoms with Crippen molar-refractivity contribution in [3.05, 3.63) is 21.9 Å². The maximum atomic E-state index is 12.3. The maximum Gasteiger partial charge on any atom is 0.227 e. The summed E-state index contributed by atoms with van der Waals surface area (Å²) in [5, 5.41) is 5.27. The first kappa shape index (κ1) is 13.6. The predicted molar refractivity (Wildman–Crippen MR) is 77.1 cm³/mol. The molecule has 3 heteroatoms. The van der Waals surface area contributed by atoms with Crippen molar-refractivity contribution in [3.63, 3.8) is 0 Å². The third-order valence-electron chi connectivity index (χ3n) is 4.09. The third-order valence-corrected chi connectivity index (χ3v) is 5.08. The van der Waals surface area contributed by atoms with E-state index in [1.807, 2.05) is 0 Å². The Kier molecular flexibility index (Phi) is 4.81. The first-order valence-electron chi connectivity index (χ1n) is 7.10. The van der Waals surface area contributed by atoms with Crippen LogP contribution in [0.3, 0.4) is 0 Å². The SMILES string of the molecule is CCC(CC)CNC(=O)C1CCCc2sccc21. The molecule has 1 aromatic heterocycles. The molecule has 1 N–H and O–H groups in total. The van der Waals surface area contributed by atoms with Crippen LogP contribution in [-0.2, 0) is 11.2 Å². The summed E-state index contributed by atoms with van der Waals surface area (Å²) >= 11 is 1.80. The summed E-state index contributed by atoms with van der Waals surface area (Å²) in [4.78, 5) is 13.7. The lowest BCUT2D eigenvalue weighted by Crippen LogP contribution is -2.34. The molecule has 1 aromatic rings. The Morgan fingerprint density at radius 2 is 2.28 bits per heavy atom. The van der Waals surface area contributed by atoms with Crippen LogP contribution in [0.5, 0.6) is 0 Å². The molecule has 1 atom stereocenters. The molecule has 100 valence electrons. The van der Waals surface area contributed by atoms with Crippen LogP contribution in [0, 0.1) is 5.92 Å². The molecule has 2 rings (SSSR count). The topological polar surface area (TPSA) is 29.1 Å². The van der Waals surface area contributed by atoms with Crippen LogP contribution in [-0.4, -0.2) is 12.5 Å². The second-order valence-electron chi connectivity index (χ2n) is 5.17. The fourth-order valence-electron chi connectivity index (χ4n) is 2.70. The highest BCUT2D eigenvalue weighted by atomic mass is 32.1. The van der Waals surface area contributed by atoms with E-state index in [1.165, 1.54) is 10.4 Å². The molecular weight excluding hydrogens is 242 g/mol. The monoisotopic (exact) mass is 265 g/mol. The van der Waals surface area contributed by atoms with Crippen LogP contribution in [0.25, 0.3) is 0 Å². The van der Waals surface area contributed by atoms with E-state index in [1.54, 1.807) is 11.3 Å². The van der Waals surface area contributed by atoms with E-state index in [4.69, 9.17) is 0 Å². The normalized spacial score (nSPS) is 18.7. The van der Waals surface area contributed by atoms with Crippen molar-refractivity contribution in [2.75, 3.05) is 6.54 Å². The van der Waals surface area contributed by atoms with Gasteiger partial charge < -0.3 is 5.32 Å². The highest BCUT2D eigenvalue weighted by Gasteiger charge is 2.27. The summed E-state index contributed by atoms with van der Waals surface area (Å²) in [5.74, 6) is 0.968. The number of hydrogen-bond donors (Lipinski definition) is 1. The molecule has 1 amide bonds. The van der Waals surface area contributed by atoms with E-state index in [0.717, 1.165) is 38.6 Å². The maximum absolute atomic E-state index is 12.3. The number of aryl methyl sites for hydroxylation is 1. The predicted octanol–water partition coefficient (Wildman–Crippen LogP) is 3.72. The molecule has 18 heavy (non-hydrogen) atoms. The van der Waals surface area contributed by atoms with Gasteiger partial charge in [-0.3, -0.25) is 4.79 Å². The van der Waals surface area contributed by atoms with Gasteiger partial charge in [0.1, 0.15) is 0 Å². The number of nitrogens with one attached hydrogen (secondary N) is 1. The van der Waals surface area contributed by atoms with E-state index < -0.39 is 0 Å². The highest BCUT2D eigenvalue weighted by molar-refractivity contribution is 7.10. The van der Waals surface area contributed by atoms with E-state index in [9.17, 15) is 4.79 Å². The molecule has 0 bridgehead atoms. The van der Waals surface area contributed by atoms with Gasteiger partial charge in [0.15, 0.2) is 0 Å². The molecular formula is C15H23NOS. The van der Waals surface area contributed by atoms with Gasteiger partial charge in [-0.2, -0.15) is 0 Å². The van der Waals surface area contributed by atoms with Gasteiger partial charge in [0, 0.05) is 11.4 Å². The minimum Gasteiger partial charge on any atom is -0.355 e. The van der Waals surface area contributed by atoms with Gasteiger partial charge in [-0.05, 0) is 42.2 Å². The summed E-state index contributed by atoms with van der Waals surface area (Å²) in [7, 11) is 0. The van der Waals surface area contributed by atoms with Gasteiger partial charge in [0.25, 0.3) is 0 Å². The van der Waals surface area contributed by atoms with E-state index in [0.29, 0.717) is 5.92 Å². The fourth-order valence-corrected chi connectivity index (χ4v) is 3.69. The molecule has 0 aliphatic heterocycles. The minimum atomic E-state index is 0.106. The van der Waals surface area contributed by atoms with Crippen LogP contribution < -0.4 is 5.32 Å². The Balaban J connectivity index is 1.95. The zero-order chi connectivity index (χ0) is 13.0. The summed E-state index contributed by atoms with van der Waals surface area (Å²) in [6.07, 6.45) is 5.61. The summed E-state index contributed by atoms with van der Waals surface area (Å²) in [6.45, 7) is 5.22. The number of carbonyl (C=O) groups excluding carboxylic acids is 1. The number of hydrogen-bond acceptors (Lipinski definition) is 2. The zero-order valence-corrected chi connectivity index (χ0v) is 12.2. The van der Waals surface area contributed by atoms with Crippen molar-refractivity contribution in [2.45, 2.75) is 51.9 Å². The lowest BCUT2D eigenvalue weighted by molar-refractivity contribution is -0.123. The van der Waals surface area contributed by atoms with E-state index in [-0.39, 0.29) is 11.8 Å². The van der Waals surface area contributed by atoms with Crippen LogP contribution in [0.4, 0.5) is 0 Å². The van der Waals surface area contributed by atoms with Crippen molar-refractivity contribution < 1.29 is 4.79 Å². The van der Waals surface area contributed by atoms with Gasteiger partial charge >= 0.3 is 0 Å². The Morgan fingerprint density at radius 1 is 1.50 bits per heavy atom. The summed E-state index contributed by atoms with van der Waals surface area (Å²) in [6, 6.07) is 2.14. The van der Waals surface area contributed by atoms with Crippen molar-refractivity contribution in [2.24, 2.45) is 5.92 Å². The smallest absolute Gasteiger partial charge is 0.227 e. The highest BCUT2D eigenvalue weighted by Crippen LogP contribution is 2.34. The molecule has 0 saturated heterocycles. The Bertz CT molecular complexity index is 395. The second kappa shape index (κ2) is 6.37. The lowest BCUT2D eigenvalue weighted by Gasteiger charge is -2.23. The molecule has 0 fully saturated rings. The molecule has 0 radical (unpaired) electrons. The van der Waals surface area contributed by atoms with Gasteiger partial charge in [0.2, 0.25) is 5.91 Å². The summed E-state index contributed by atoms with van der Waals surface area (Å²) < 4.78 is 0. The number of amides is 1. The van der Waals surface area contributed by atoms with Crippen molar-refractivity contribution >= 4 is 17.2 Å². The standard InChI is InChI=1S/C15H23NOS/c1-3-11(4-2)10-16-15(17)13-6-5-7-14-12(13)8-9-18-14/h8-9,11,13H,3-7,10H2,1-2H3,(H,16,17). The third kappa shape index (κ3) is 2.94. The average Bonchev–Trinajstić information content (AvgIpc) is 2.87. The van der Waals surface area contributed by atoms with Crippen LogP contribution in [0.1, 0.15) is 55.9 Å². The Morgan fingerprint density at radius 3 is 3.00 bits per heavy atom. The van der Waals surface area contributed by atoms with Crippen molar-refractivity contribution in [3.8, 4) is 0 Å². The Labute approximate surface area is 114 Å². The number of carbonyl (C=O) groups is 1. The molecule has 1 heterocycles. The molecule has 1 unspecified atom stereocenters. The average molecular weight is 265 g/mol. The molecule has 0 aromatic carbocycles. The van der Waals surface area contributed by atoms with Gasteiger partial charge in [0.05, 0.1) is 5.92 Å². The number of thiophene rings is 1. The summed E-state index contributed by atoms with van der Waals surface area (Å²) in [5.41, 5.74) is 1.29. The largest absolute Gasteiger partial charge is 0.355 e. The van der Waals surface area contributed by atoms with Gasteiger partial charge in [-0.15, -0.1) is 11.3 Å². The van der Waals surface area contributed by atoms with Crippen LogP contribution in [0.2, 0.25) is 0 Å². The lowest BCUT2D eigenvalue weighted by atomic mass is 9.87. The van der Waals surface area contributed by atoms with Crippen LogP contribution >= 0.6 is 11.3 Å². The first-order valence-corrected chi connectivity index (χ1v) is 7.98. The van der Waals surface area contributed by atoms with Crippen LogP contribution in [0.15, 0.2) is 11.4 Å². The molecule has 1 aliphatic carbocycles. The van der Waals surface area contributed by atoms with E-state index in [2.05, 4.69) is 30.6 Å². The minimum absolute atomic E-state index is 0.106. The van der Waals surface area contributed by atoms with E-state index >= 15 is 0 Å². The molecule has 0 spiro atoms. The number of rotatable bonds is 5. The number of fused-ring (bicyclic) bond motifs is 1.